The molecule has 0 aliphatic rings. The third-order valence-electron chi connectivity index (χ3n) is 9.49. The molecule has 2 aromatic heterocycles. The minimum absolute atomic E-state index is 1.19. The van der Waals surface area contributed by atoms with Gasteiger partial charge in [0.1, 0.15) is 0 Å². The van der Waals surface area contributed by atoms with Crippen molar-refractivity contribution in [1.82, 2.24) is 0 Å². The van der Waals surface area contributed by atoms with Crippen LogP contribution in [0.2, 0.25) is 103 Å². The Balaban J connectivity index is 1.90. The molecule has 0 amide bonds. The fraction of sp³-hybridized carbons (Fsp3) is 0.526. The smallest absolute Gasteiger partial charge is 0.0445 e. The van der Waals surface area contributed by atoms with Gasteiger partial charge in [-0.2, -0.15) is 0 Å². The fourth-order valence-corrected chi connectivity index (χ4v) is 12.8. The molecule has 0 fully saturated rings. The van der Waals surface area contributed by atoms with Crippen LogP contribution in [0.1, 0.15) is 22.3 Å². The lowest BCUT2D eigenvalue weighted by Crippen LogP contribution is -2.21. The van der Waals surface area contributed by atoms with E-state index in [-0.39, 0.29) is 0 Å². The van der Waals surface area contributed by atoms with Crippen LogP contribution in [-0.4, -0.2) is 32.3 Å². The largest absolute Gasteiger partial charge is 0.143 e. The summed E-state index contributed by atoms with van der Waals surface area (Å²) in [5.41, 5.74) is 6.58. The molecule has 3 aromatic carbocycles. The topological polar surface area (TPSA) is 0 Å². The summed E-state index contributed by atoms with van der Waals surface area (Å²) in [6.07, 6.45) is 4.87. The number of hydrogen-bond acceptors (Lipinski definition) is 2. The summed E-state index contributed by atoms with van der Waals surface area (Å²) in [7, 11) is -4.77. The lowest BCUT2D eigenvalue weighted by Gasteiger charge is -2.24. The molecule has 0 N–H and O–H groups in total. The summed E-state index contributed by atoms with van der Waals surface area (Å²) in [6.45, 7) is 30.6. The number of fused-ring (bicyclic) bond motifs is 4. The van der Waals surface area contributed by atoms with Crippen molar-refractivity contribution in [3.05, 3.63) is 57.3 Å². The Labute approximate surface area is 280 Å². The molecule has 2 heterocycles. The van der Waals surface area contributed by atoms with E-state index in [0.717, 1.165) is 0 Å². The molecule has 238 valence electrons. The Kier molecular flexibility index (Phi) is 9.77. The summed E-state index contributed by atoms with van der Waals surface area (Å²) in [6, 6.07) is 15.8. The van der Waals surface area contributed by atoms with Gasteiger partial charge in [-0.05, 0) is 115 Å². The first-order chi connectivity index (χ1) is 20.3. The predicted octanol–water partition coefficient (Wildman–Crippen LogP) is 13.9. The molecule has 6 heteroatoms. The Morgan fingerprint density at radius 2 is 0.659 bits per heavy atom. The van der Waals surface area contributed by atoms with Crippen LogP contribution in [0.3, 0.4) is 0 Å². The highest BCUT2D eigenvalue weighted by Gasteiger charge is 2.25. The summed E-state index contributed by atoms with van der Waals surface area (Å²) < 4.78 is 3.17. The van der Waals surface area contributed by atoms with E-state index in [1.54, 1.807) is 64.0 Å². The minimum atomic E-state index is -1.19. The Morgan fingerprint density at radius 3 is 0.955 bits per heavy atom. The van der Waals surface area contributed by atoms with Gasteiger partial charge in [-0.25, -0.2) is 0 Å². The van der Waals surface area contributed by atoms with Gasteiger partial charge in [-0.3, -0.25) is 0 Å². The first-order valence-electron chi connectivity index (χ1n) is 17.1. The van der Waals surface area contributed by atoms with E-state index >= 15 is 0 Å². The average molecular weight is 691 g/mol. The number of aryl methyl sites for hydroxylation is 4. The highest BCUT2D eigenvalue weighted by molar-refractivity contribution is 7.18. The molecule has 5 aromatic rings. The molecule has 0 atom stereocenters. The molecule has 0 bridgehead atoms. The molecule has 0 unspecified atom stereocenters. The van der Waals surface area contributed by atoms with Gasteiger partial charge in [0.25, 0.3) is 0 Å². The molecule has 5 rings (SSSR count). The SMILES string of the molecule is C[Si](C)(C)CCc1c2cc3c(CC[Si](C)(C)C)c4ccsc4c(CC[Si](C)(C)C)c3cc2c(CC[Si](C)(C)C)c2sccc12. The van der Waals surface area contributed by atoms with Crippen molar-refractivity contribution < 1.29 is 0 Å². The van der Waals surface area contributed by atoms with E-state index in [2.05, 4.69) is 114 Å². The van der Waals surface area contributed by atoms with Crippen molar-refractivity contribution in [2.75, 3.05) is 0 Å². The quantitative estimate of drug-likeness (QED) is 0.0903. The molecule has 44 heavy (non-hydrogen) atoms. The van der Waals surface area contributed by atoms with Gasteiger partial charge in [0.15, 0.2) is 0 Å². The maximum Gasteiger partial charge on any atom is 0.0445 e. The van der Waals surface area contributed by atoms with Crippen LogP contribution in [0.25, 0.3) is 41.7 Å². The average Bonchev–Trinajstić information content (AvgIpc) is 3.55. The van der Waals surface area contributed by atoms with Crippen molar-refractivity contribution in [2.45, 2.75) is 128 Å². The lowest BCUT2D eigenvalue weighted by molar-refractivity contribution is 1.10. The van der Waals surface area contributed by atoms with Crippen LogP contribution >= 0.6 is 22.7 Å². The molecule has 0 nitrogen and oxygen atoms in total. The van der Waals surface area contributed by atoms with Crippen LogP contribution < -0.4 is 0 Å². The summed E-state index contributed by atoms with van der Waals surface area (Å²) in [5, 5.41) is 14.2. The zero-order valence-electron chi connectivity index (χ0n) is 29.9. The fourth-order valence-electron chi connectivity index (χ4n) is 6.73. The maximum absolute atomic E-state index is 2.73. The predicted molar refractivity (Wildman–Crippen MR) is 220 cm³/mol. The monoisotopic (exact) mass is 690 g/mol. The van der Waals surface area contributed by atoms with Gasteiger partial charge in [0.2, 0.25) is 0 Å². The maximum atomic E-state index is 2.73. The van der Waals surface area contributed by atoms with Crippen LogP contribution in [0.15, 0.2) is 35.0 Å². The van der Waals surface area contributed by atoms with E-state index in [1.807, 2.05) is 22.7 Å². The van der Waals surface area contributed by atoms with Crippen molar-refractivity contribution >= 4 is 96.7 Å². The molecule has 0 radical (unpaired) electrons. The summed E-state index contributed by atoms with van der Waals surface area (Å²) >= 11 is 4.01. The van der Waals surface area contributed by atoms with Gasteiger partial charge >= 0.3 is 0 Å². The van der Waals surface area contributed by atoms with Crippen LogP contribution in [0, 0.1) is 0 Å². The molecule has 0 saturated carbocycles. The number of thiophene rings is 2. The summed E-state index contributed by atoms with van der Waals surface area (Å²) in [5.74, 6) is 0. The third-order valence-corrected chi connectivity index (χ3v) is 18.4. The third kappa shape index (κ3) is 7.91. The van der Waals surface area contributed by atoms with E-state index in [1.165, 1.54) is 49.9 Å². The molecule has 0 aliphatic carbocycles. The van der Waals surface area contributed by atoms with E-state index in [4.69, 9.17) is 0 Å². The first-order valence-corrected chi connectivity index (χ1v) is 33.7. The highest BCUT2D eigenvalue weighted by atomic mass is 32.1. The van der Waals surface area contributed by atoms with Crippen LogP contribution in [-0.2, 0) is 25.7 Å². The van der Waals surface area contributed by atoms with Crippen LogP contribution in [0.5, 0.6) is 0 Å². The van der Waals surface area contributed by atoms with Crippen molar-refractivity contribution in [3.63, 3.8) is 0 Å². The minimum Gasteiger partial charge on any atom is -0.143 e. The zero-order chi connectivity index (χ0) is 32.2. The second kappa shape index (κ2) is 12.5. The van der Waals surface area contributed by atoms with Crippen molar-refractivity contribution in [3.8, 4) is 0 Å². The molecule has 0 aliphatic heterocycles. The van der Waals surface area contributed by atoms with E-state index in [0.29, 0.717) is 0 Å². The first kappa shape index (κ1) is 34.3. The van der Waals surface area contributed by atoms with E-state index in [9.17, 15) is 0 Å². The van der Waals surface area contributed by atoms with Gasteiger partial charge in [0, 0.05) is 41.7 Å². The lowest BCUT2D eigenvalue weighted by atomic mass is 9.87. The molecular formula is C38H58S2Si4. The van der Waals surface area contributed by atoms with E-state index < -0.39 is 32.3 Å². The second-order valence-corrected chi connectivity index (χ2v) is 42.7. The second-order valence-electron chi connectivity index (χ2n) is 18.4. The van der Waals surface area contributed by atoms with Gasteiger partial charge in [0.05, 0.1) is 0 Å². The zero-order valence-corrected chi connectivity index (χ0v) is 35.6. The molecule has 0 saturated heterocycles. The highest BCUT2D eigenvalue weighted by Crippen LogP contribution is 2.45. The van der Waals surface area contributed by atoms with Gasteiger partial charge in [-0.15, -0.1) is 22.7 Å². The molecule has 0 spiro atoms. The number of hydrogen-bond donors (Lipinski definition) is 0. The normalized spacial score (nSPS) is 13.7. The van der Waals surface area contributed by atoms with Crippen molar-refractivity contribution in [1.29, 1.82) is 0 Å². The van der Waals surface area contributed by atoms with Gasteiger partial charge < -0.3 is 0 Å². The van der Waals surface area contributed by atoms with Crippen LogP contribution in [0.4, 0.5) is 0 Å². The Bertz CT molecular complexity index is 1540. The van der Waals surface area contributed by atoms with Gasteiger partial charge in [-0.1, -0.05) is 103 Å². The summed E-state index contributed by atoms with van der Waals surface area (Å²) in [4.78, 5) is 0. The number of rotatable bonds is 12. The standard InChI is InChI=1S/C38H58S2Si4/c1-41(2,3)21-15-27-29-13-19-39-37(29)31(17-23-43(7,8)9)35-26-36-32(18-24-44(10,11)12)38-30(14-20-40-38)28(16-22-42(4,5)6)34(36)25-33(27)35/h13-14,19-20,25-26H,15-18,21-24H2,1-12H3. The number of benzene rings is 3. The Hall–Kier alpha value is -1.03. The molecular weight excluding hydrogens is 633 g/mol. The van der Waals surface area contributed by atoms with Crippen molar-refractivity contribution in [2.24, 2.45) is 0 Å². The Morgan fingerprint density at radius 1 is 0.386 bits per heavy atom.